The summed E-state index contributed by atoms with van der Waals surface area (Å²) in [6.07, 6.45) is 1.77. The first-order chi connectivity index (χ1) is 7.72. The quantitative estimate of drug-likeness (QED) is 0.788. The van der Waals surface area contributed by atoms with Crippen LogP contribution in [0.5, 0.6) is 0 Å². The van der Waals surface area contributed by atoms with Crippen molar-refractivity contribution in [2.45, 2.75) is 19.5 Å². The molecule has 1 aromatic carbocycles. The van der Waals surface area contributed by atoms with Crippen molar-refractivity contribution in [2.75, 3.05) is 7.05 Å². The molecule has 1 unspecified atom stereocenters. The summed E-state index contributed by atoms with van der Waals surface area (Å²) in [4.78, 5) is 2.00. The van der Waals surface area contributed by atoms with Gasteiger partial charge in [-0.2, -0.15) is 5.26 Å². The molecule has 0 radical (unpaired) electrons. The largest absolute Gasteiger partial charge is 0.464 e. The Morgan fingerprint density at radius 3 is 2.94 bits per heavy atom. The highest BCUT2D eigenvalue weighted by atomic mass is 16.3. The molecule has 0 saturated heterocycles. The average Bonchev–Trinajstić information content (AvgIpc) is 2.72. The van der Waals surface area contributed by atoms with E-state index in [2.05, 4.69) is 6.07 Å². The van der Waals surface area contributed by atoms with Crippen molar-refractivity contribution in [2.24, 2.45) is 0 Å². The van der Waals surface area contributed by atoms with E-state index in [1.54, 1.807) is 6.26 Å². The predicted octanol–water partition coefficient (Wildman–Crippen LogP) is 2.78. The van der Waals surface area contributed by atoms with E-state index in [0.29, 0.717) is 0 Å². The molecule has 16 heavy (non-hydrogen) atoms. The smallest absolute Gasteiger partial charge is 0.134 e. The lowest BCUT2D eigenvalue weighted by molar-refractivity contribution is 0.294. The van der Waals surface area contributed by atoms with Crippen LogP contribution in [0, 0.1) is 11.3 Å². The summed E-state index contributed by atoms with van der Waals surface area (Å²) >= 11 is 0. The Bertz CT molecular complexity index is 524. The molecule has 82 valence electrons. The topological polar surface area (TPSA) is 40.2 Å². The standard InChI is InChI=1S/C13H14N2O/c1-10(7-14)15(2)8-11-9-16-13-6-4-3-5-12(11)13/h3-6,9-10H,8H2,1-2H3. The highest BCUT2D eigenvalue weighted by Gasteiger charge is 2.11. The maximum atomic E-state index is 8.83. The van der Waals surface area contributed by atoms with E-state index in [4.69, 9.17) is 9.68 Å². The van der Waals surface area contributed by atoms with Gasteiger partial charge in [0.05, 0.1) is 18.4 Å². The van der Waals surface area contributed by atoms with E-state index in [9.17, 15) is 0 Å². The maximum Gasteiger partial charge on any atom is 0.134 e. The van der Waals surface area contributed by atoms with Crippen LogP contribution in [0.15, 0.2) is 34.9 Å². The number of hydrogen-bond donors (Lipinski definition) is 0. The van der Waals surface area contributed by atoms with Crippen LogP contribution in [0.1, 0.15) is 12.5 Å². The molecule has 1 heterocycles. The minimum absolute atomic E-state index is 0.0892. The zero-order valence-electron chi connectivity index (χ0n) is 9.47. The van der Waals surface area contributed by atoms with Crippen molar-refractivity contribution in [1.82, 2.24) is 4.90 Å². The van der Waals surface area contributed by atoms with Gasteiger partial charge in [-0.15, -0.1) is 0 Å². The molecule has 0 aliphatic heterocycles. The van der Waals surface area contributed by atoms with E-state index in [1.165, 1.54) is 0 Å². The Hall–Kier alpha value is -1.79. The van der Waals surface area contributed by atoms with Crippen molar-refractivity contribution >= 4 is 11.0 Å². The zero-order chi connectivity index (χ0) is 11.5. The number of furan rings is 1. The molecule has 0 spiro atoms. The third-order valence-corrected chi connectivity index (χ3v) is 2.83. The Morgan fingerprint density at radius 1 is 1.44 bits per heavy atom. The second-order valence-electron chi connectivity index (χ2n) is 3.98. The van der Waals surface area contributed by atoms with Gasteiger partial charge in [-0.1, -0.05) is 18.2 Å². The van der Waals surface area contributed by atoms with Crippen molar-refractivity contribution in [3.63, 3.8) is 0 Å². The molecule has 0 aliphatic carbocycles. The minimum atomic E-state index is -0.0892. The Balaban J connectivity index is 2.25. The third-order valence-electron chi connectivity index (χ3n) is 2.83. The van der Waals surface area contributed by atoms with Crippen LogP contribution in [-0.4, -0.2) is 18.0 Å². The first kappa shape index (κ1) is 10.7. The van der Waals surface area contributed by atoms with Gasteiger partial charge >= 0.3 is 0 Å². The van der Waals surface area contributed by atoms with Gasteiger partial charge in [-0.05, 0) is 20.0 Å². The summed E-state index contributed by atoms with van der Waals surface area (Å²) in [5.74, 6) is 0. The number of nitrogens with zero attached hydrogens (tertiary/aromatic N) is 2. The fourth-order valence-electron chi connectivity index (χ4n) is 1.66. The lowest BCUT2D eigenvalue weighted by Crippen LogP contribution is -2.26. The van der Waals surface area contributed by atoms with Crippen molar-refractivity contribution < 1.29 is 4.42 Å². The van der Waals surface area contributed by atoms with Gasteiger partial charge in [-0.3, -0.25) is 4.90 Å². The van der Waals surface area contributed by atoms with Crippen molar-refractivity contribution in [1.29, 1.82) is 5.26 Å². The lowest BCUT2D eigenvalue weighted by atomic mass is 10.1. The molecule has 0 amide bonds. The molecule has 3 heteroatoms. The van der Waals surface area contributed by atoms with Crippen LogP contribution in [0.4, 0.5) is 0 Å². The summed E-state index contributed by atoms with van der Waals surface area (Å²) in [6, 6.07) is 10.1. The summed E-state index contributed by atoms with van der Waals surface area (Å²) in [5, 5.41) is 9.96. The number of benzene rings is 1. The molecule has 0 N–H and O–H groups in total. The molecular formula is C13H14N2O. The predicted molar refractivity (Wildman–Crippen MR) is 62.8 cm³/mol. The SMILES string of the molecule is CC(C#N)N(C)Cc1coc2ccccc12. The number of rotatable bonds is 3. The van der Waals surface area contributed by atoms with Gasteiger partial charge in [-0.25, -0.2) is 0 Å². The van der Waals surface area contributed by atoms with E-state index in [0.717, 1.165) is 23.1 Å². The normalized spacial score (nSPS) is 12.9. The van der Waals surface area contributed by atoms with Crippen LogP contribution < -0.4 is 0 Å². The highest BCUT2D eigenvalue weighted by molar-refractivity contribution is 5.80. The second kappa shape index (κ2) is 4.38. The monoisotopic (exact) mass is 214 g/mol. The van der Waals surface area contributed by atoms with Crippen LogP contribution >= 0.6 is 0 Å². The Kier molecular flexibility index (Phi) is 2.93. The van der Waals surface area contributed by atoms with E-state index in [1.807, 2.05) is 43.1 Å². The van der Waals surface area contributed by atoms with E-state index >= 15 is 0 Å². The Morgan fingerprint density at radius 2 is 2.19 bits per heavy atom. The number of fused-ring (bicyclic) bond motifs is 1. The molecule has 0 saturated carbocycles. The molecule has 2 aromatic rings. The van der Waals surface area contributed by atoms with Gasteiger partial charge in [0.2, 0.25) is 0 Å². The van der Waals surface area contributed by atoms with Crippen LogP contribution in [0.3, 0.4) is 0 Å². The molecular weight excluding hydrogens is 200 g/mol. The van der Waals surface area contributed by atoms with Gasteiger partial charge in [0.1, 0.15) is 5.58 Å². The summed E-state index contributed by atoms with van der Waals surface area (Å²) in [5.41, 5.74) is 2.02. The molecule has 2 rings (SSSR count). The molecule has 1 aromatic heterocycles. The van der Waals surface area contributed by atoms with Gasteiger partial charge in [0.25, 0.3) is 0 Å². The number of hydrogen-bond acceptors (Lipinski definition) is 3. The summed E-state index contributed by atoms with van der Waals surface area (Å²) in [6.45, 7) is 2.62. The van der Waals surface area contributed by atoms with Crippen LogP contribution in [0.2, 0.25) is 0 Å². The highest BCUT2D eigenvalue weighted by Crippen LogP contribution is 2.22. The van der Waals surface area contributed by atoms with Crippen molar-refractivity contribution in [3.05, 3.63) is 36.1 Å². The minimum Gasteiger partial charge on any atom is -0.464 e. The number of nitriles is 1. The van der Waals surface area contributed by atoms with Gasteiger partial charge < -0.3 is 4.42 Å². The summed E-state index contributed by atoms with van der Waals surface area (Å²) in [7, 11) is 1.94. The van der Waals surface area contributed by atoms with Crippen LogP contribution in [-0.2, 0) is 6.54 Å². The number of para-hydroxylation sites is 1. The fourth-order valence-corrected chi connectivity index (χ4v) is 1.66. The van der Waals surface area contributed by atoms with Crippen molar-refractivity contribution in [3.8, 4) is 6.07 Å². The average molecular weight is 214 g/mol. The first-order valence-corrected chi connectivity index (χ1v) is 5.27. The second-order valence-corrected chi connectivity index (χ2v) is 3.98. The molecule has 0 bridgehead atoms. The van der Waals surface area contributed by atoms with E-state index < -0.39 is 0 Å². The molecule has 0 fully saturated rings. The third kappa shape index (κ3) is 1.93. The maximum absolute atomic E-state index is 8.83. The van der Waals surface area contributed by atoms with Crippen LogP contribution in [0.25, 0.3) is 11.0 Å². The van der Waals surface area contributed by atoms with E-state index in [-0.39, 0.29) is 6.04 Å². The Labute approximate surface area is 94.9 Å². The molecule has 3 nitrogen and oxygen atoms in total. The fraction of sp³-hybridized carbons (Fsp3) is 0.308. The van der Waals surface area contributed by atoms with Gasteiger partial charge in [0.15, 0.2) is 0 Å². The molecule has 0 aliphatic rings. The lowest BCUT2D eigenvalue weighted by Gasteiger charge is -2.17. The first-order valence-electron chi connectivity index (χ1n) is 5.27. The molecule has 1 atom stereocenters. The summed E-state index contributed by atoms with van der Waals surface area (Å²) < 4.78 is 5.45. The van der Waals surface area contributed by atoms with Gasteiger partial charge in [0, 0.05) is 17.5 Å². The zero-order valence-corrected chi connectivity index (χ0v) is 9.47.